The molecule has 0 aliphatic rings. The molecule has 0 saturated heterocycles. The van der Waals surface area contributed by atoms with Crippen LogP contribution in [0.1, 0.15) is 0 Å². The Labute approximate surface area is 107 Å². The normalized spacial score (nSPS) is 6.33. The Balaban J connectivity index is -0.0000000394. The zero-order valence-corrected chi connectivity index (χ0v) is 10.6. The average Bonchev–Trinajstić information content (AvgIpc) is 2.40. The lowest BCUT2D eigenvalue weighted by atomic mass is 10.7. The van der Waals surface area contributed by atoms with E-state index in [1.807, 2.05) is 0 Å². The quantitative estimate of drug-likeness (QED) is 0.232. The SMILES string of the molecule is NCCN.NCCN.NCCN.O=CO.O=CO. The molecule has 0 aromatic heterocycles. The zero-order valence-electron chi connectivity index (χ0n) is 10.6. The van der Waals surface area contributed by atoms with Crippen molar-refractivity contribution in [1.82, 2.24) is 0 Å². The van der Waals surface area contributed by atoms with Crippen molar-refractivity contribution in [3.63, 3.8) is 0 Å². The van der Waals surface area contributed by atoms with Crippen molar-refractivity contribution in [2.24, 2.45) is 34.4 Å². The van der Waals surface area contributed by atoms with E-state index in [2.05, 4.69) is 0 Å². The largest absolute Gasteiger partial charge is 0.483 e. The van der Waals surface area contributed by atoms with E-state index in [0.717, 1.165) is 0 Å². The molecule has 10 nitrogen and oxygen atoms in total. The molecule has 14 N–H and O–H groups in total. The van der Waals surface area contributed by atoms with Crippen LogP contribution in [0.25, 0.3) is 0 Å². The molecule has 114 valence electrons. The lowest BCUT2D eigenvalue weighted by Crippen LogP contribution is -2.11. The lowest BCUT2D eigenvalue weighted by molar-refractivity contribution is -0.123. The van der Waals surface area contributed by atoms with Crippen molar-refractivity contribution in [3.05, 3.63) is 0 Å². The molecule has 0 radical (unpaired) electrons. The molecule has 0 fully saturated rings. The number of carboxylic acid groups (broad SMARTS) is 2. The summed E-state index contributed by atoms with van der Waals surface area (Å²) in [4.78, 5) is 16.7. The van der Waals surface area contributed by atoms with Gasteiger partial charge in [-0.05, 0) is 0 Å². The van der Waals surface area contributed by atoms with Gasteiger partial charge < -0.3 is 44.6 Å². The molecular weight excluding hydrogens is 244 g/mol. The highest BCUT2D eigenvalue weighted by atomic mass is 16.3. The predicted molar refractivity (Wildman–Crippen MR) is 71.7 cm³/mol. The van der Waals surface area contributed by atoms with E-state index in [1.54, 1.807) is 0 Å². The summed E-state index contributed by atoms with van der Waals surface area (Å²) in [6, 6.07) is 0. The van der Waals surface area contributed by atoms with Gasteiger partial charge in [-0.25, -0.2) is 0 Å². The number of nitrogens with two attached hydrogens (primary N) is 6. The molecule has 10 heteroatoms. The molecule has 0 atom stereocenters. The maximum absolute atomic E-state index is 8.36. The van der Waals surface area contributed by atoms with Gasteiger partial charge in [0, 0.05) is 39.3 Å². The third-order valence-corrected chi connectivity index (χ3v) is 0.500. The standard InChI is InChI=1S/3C2H8N2.2CH2O2/c3*3-1-2-4;2*2-1-3/h3*1-4H2;2*1H,(H,2,3). The summed E-state index contributed by atoms with van der Waals surface area (Å²) in [5.41, 5.74) is 29.4. The van der Waals surface area contributed by atoms with Gasteiger partial charge in [0.05, 0.1) is 0 Å². The Morgan fingerprint density at radius 2 is 0.611 bits per heavy atom. The van der Waals surface area contributed by atoms with Crippen LogP contribution in [0.15, 0.2) is 0 Å². The Morgan fingerprint density at radius 1 is 0.556 bits per heavy atom. The van der Waals surface area contributed by atoms with E-state index in [9.17, 15) is 0 Å². The molecule has 0 aromatic carbocycles. The Hall–Kier alpha value is -1.30. The van der Waals surface area contributed by atoms with Crippen LogP contribution in [0, 0.1) is 0 Å². The summed E-state index contributed by atoms with van der Waals surface area (Å²) < 4.78 is 0. The van der Waals surface area contributed by atoms with Crippen LogP contribution in [-0.4, -0.2) is 62.4 Å². The summed E-state index contributed by atoms with van der Waals surface area (Å²) in [7, 11) is 0. The van der Waals surface area contributed by atoms with Crippen molar-refractivity contribution >= 4 is 12.9 Å². The van der Waals surface area contributed by atoms with Gasteiger partial charge in [-0.15, -0.1) is 0 Å². The highest BCUT2D eigenvalue weighted by Crippen LogP contribution is 1.25. The van der Waals surface area contributed by atoms with E-state index in [1.165, 1.54) is 0 Å². The monoisotopic (exact) mass is 272 g/mol. The average molecular weight is 272 g/mol. The molecule has 0 amide bonds. The van der Waals surface area contributed by atoms with Crippen molar-refractivity contribution < 1.29 is 19.8 Å². The van der Waals surface area contributed by atoms with Crippen LogP contribution >= 0.6 is 0 Å². The number of hydrogen-bond acceptors (Lipinski definition) is 8. The van der Waals surface area contributed by atoms with Crippen molar-refractivity contribution in [2.75, 3.05) is 39.3 Å². The molecule has 0 saturated carbocycles. The maximum atomic E-state index is 8.36. The number of rotatable bonds is 3. The third-order valence-electron chi connectivity index (χ3n) is 0.500. The second-order valence-corrected chi connectivity index (χ2v) is 1.94. The van der Waals surface area contributed by atoms with Crippen LogP contribution < -0.4 is 34.4 Å². The minimum absolute atomic E-state index is 0.250. The van der Waals surface area contributed by atoms with E-state index in [-0.39, 0.29) is 12.9 Å². The fraction of sp³-hybridized carbons (Fsp3) is 0.750. The predicted octanol–water partition coefficient (Wildman–Crippen LogP) is -3.89. The summed E-state index contributed by atoms with van der Waals surface area (Å²) in [6.45, 7) is 3.08. The Kier molecular flexibility index (Phi) is 126. The molecule has 0 rings (SSSR count). The van der Waals surface area contributed by atoms with Crippen molar-refractivity contribution in [2.45, 2.75) is 0 Å². The molecule has 0 unspecified atom stereocenters. The van der Waals surface area contributed by atoms with Crippen LogP contribution in [-0.2, 0) is 9.59 Å². The fourth-order valence-corrected chi connectivity index (χ4v) is 0. The van der Waals surface area contributed by atoms with Crippen molar-refractivity contribution in [3.8, 4) is 0 Å². The number of carbonyl (C=O) groups is 2. The molecule has 0 spiro atoms. The molecule has 0 aliphatic carbocycles. The molecule has 0 aliphatic heterocycles. The van der Waals surface area contributed by atoms with E-state index >= 15 is 0 Å². The zero-order chi connectivity index (χ0) is 15.7. The first-order valence-corrected chi connectivity index (χ1v) is 4.94. The number of hydrogen-bond donors (Lipinski definition) is 8. The van der Waals surface area contributed by atoms with Gasteiger partial charge in [-0.2, -0.15) is 0 Å². The third kappa shape index (κ3) is 955. The van der Waals surface area contributed by atoms with Crippen LogP contribution in [0.5, 0.6) is 0 Å². The van der Waals surface area contributed by atoms with Crippen LogP contribution in [0.4, 0.5) is 0 Å². The topological polar surface area (TPSA) is 231 Å². The van der Waals surface area contributed by atoms with E-state index < -0.39 is 0 Å². The highest BCUT2D eigenvalue weighted by Gasteiger charge is 1.55. The molecular formula is C8H28N6O4. The van der Waals surface area contributed by atoms with Crippen molar-refractivity contribution in [1.29, 1.82) is 0 Å². The van der Waals surface area contributed by atoms with Gasteiger partial charge in [0.25, 0.3) is 12.9 Å². The lowest BCUT2D eigenvalue weighted by Gasteiger charge is -1.72. The molecule has 18 heavy (non-hydrogen) atoms. The van der Waals surface area contributed by atoms with Gasteiger partial charge in [0.15, 0.2) is 0 Å². The van der Waals surface area contributed by atoms with E-state index in [0.29, 0.717) is 39.3 Å². The second-order valence-electron chi connectivity index (χ2n) is 1.94. The van der Waals surface area contributed by atoms with Crippen LogP contribution in [0.3, 0.4) is 0 Å². The minimum atomic E-state index is -0.250. The van der Waals surface area contributed by atoms with E-state index in [4.69, 9.17) is 54.2 Å². The second kappa shape index (κ2) is 75.6. The molecule has 0 bridgehead atoms. The van der Waals surface area contributed by atoms with Gasteiger partial charge in [0.2, 0.25) is 0 Å². The summed E-state index contributed by atoms with van der Waals surface area (Å²) >= 11 is 0. The highest BCUT2D eigenvalue weighted by molar-refractivity contribution is 5.32. The smallest absolute Gasteiger partial charge is 0.290 e. The summed E-state index contributed by atoms with van der Waals surface area (Å²) in [6.07, 6.45) is 0. The summed E-state index contributed by atoms with van der Waals surface area (Å²) in [5.74, 6) is 0. The van der Waals surface area contributed by atoms with Gasteiger partial charge in [-0.1, -0.05) is 0 Å². The maximum Gasteiger partial charge on any atom is 0.290 e. The Morgan fingerprint density at radius 3 is 0.611 bits per heavy atom. The summed E-state index contributed by atoms with van der Waals surface area (Å²) in [5, 5.41) is 13.8. The molecule has 0 heterocycles. The fourth-order valence-electron chi connectivity index (χ4n) is 0. The first kappa shape index (κ1) is 30.1. The minimum Gasteiger partial charge on any atom is -0.483 e. The van der Waals surface area contributed by atoms with Gasteiger partial charge in [0.1, 0.15) is 0 Å². The van der Waals surface area contributed by atoms with Gasteiger partial charge in [-0.3, -0.25) is 9.59 Å². The van der Waals surface area contributed by atoms with Gasteiger partial charge >= 0.3 is 0 Å². The Bertz CT molecular complexity index is 88.1. The molecule has 0 aromatic rings. The van der Waals surface area contributed by atoms with Crippen LogP contribution in [0.2, 0.25) is 0 Å². The first-order valence-electron chi connectivity index (χ1n) is 4.94. The first-order chi connectivity index (χ1) is 8.57.